The number of hydrogen-bond acceptors (Lipinski definition) is 3. The highest BCUT2D eigenvalue weighted by molar-refractivity contribution is 7.10. The first-order valence-corrected chi connectivity index (χ1v) is 7.26. The van der Waals surface area contributed by atoms with Crippen LogP contribution in [0.1, 0.15) is 39.0 Å². The van der Waals surface area contributed by atoms with E-state index in [1.165, 1.54) is 4.88 Å². The van der Waals surface area contributed by atoms with E-state index in [1.807, 2.05) is 19.9 Å². The molecule has 3 N–H and O–H groups in total. The maximum absolute atomic E-state index is 12.2. The third kappa shape index (κ3) is 3.33. The highest BCUT2D eigenvalue weighted by atomic mass is 32.1. The summed E-state index contributed by atoms with van der Waals surface area (Å²) in [6, 6.07) is 4.15. The molecule has 0 bridgehead atoms. The molecular weight excluding hydrogens is 244 g/mol. The lowest BCUT2D eigenvalue weighted by Crippen LogP contribution is -2.47. The minimum Gasteiger partial charge on any atom is -0.355 e. The first-order chi connectivity index (χ1) is 8.35. The van der Waals surface area contributed by atoms with Crippen molar-refractivity contribution in [3.63, 3.8) is 0 Å². The molecule has 1 amide bonds. The molecule has 0 radical (unpaired) electrons. The standard InChI is InChI=1S/C14H24N2OS/c1-5-14(4,9-15)12(17)16-10-13(2,3)11-7-6-8-18-11/h6-8H,5,9-10,15H2,1-4H3,(H,16,17). The van der Waals surface area contributed by atoms with E-state index >= 15 is 0 Å². The van der Waals surface area contributed by atoms with E-state index in [0.717, 1.165) is 6.42 Å². The molecule has 0 aliphatic heterocycles. The average Bonchev–Trinajstić information content (AvgIpc) is 2.89. The average molecular weight is 268 g/mol. The molecule has 4 heteroatoms. The summed E-state index contributed by atoms with van der Waals surface area (Å²) >= 11 is 1.72. The number of carbonyl (C=O) groups is 1. The topological polar surface area (TPSA) is 55.1 Å². The Bertz CT molecular complexity index is 381. The molecule has 1 rings (SSSR count). The largest absolute Gasteiger partial charge is 0.355 e. The van der Waals surface area contributed by atoms with Gasteiger partial charge in [-0.2, -0.15) is 0 Å². The molecule has 3 nitrogen and oxygen atoms in total. The van der Waals surface area contributed by atoms with Gasteiger partial charge in [0.2, 0.25) is 5.91 Å². The molecule has 0 fully saturated rings. The summed E-state index contributed by atoms with van der Waals surface area (Å²) in [4.78, 5) is 13.4. The quantitative estimate of drug-likeness (QED) is 0.833. The van der Waals surface area contributed by atoms with Crippen LogP contribution in [-0.4, -0.2) is 19.0 Å². The van der Waals surface area contributed by atoms with Crippen LogP contribution in [0.2, 0.25) is 0 Å². The van der Waals surface area contributed by atoms with Gasteiger partial charge in [-0.05, 0) is 24.8 Å². The summed E-state index contributed by atoms with van der Waals surface area (Å²) in [5, 5.41) is 5.11. The van der Waals surface area contributed by atoms with Gasteiger partial charge >= 0.3 is 0 Å². The van der Waals surface area contributed by atoms with Crippen LogP contribution < -0.4 is 11.1 Å². The van der Waals surface area contributed by atoms with Crippen LogP contribution in [0.3, 0.4) is 0 Å². The summed E-state index contributed by atoms with van der Waals surface area (Å²) in [7, 11) is 0. The van der Waals surface area contributed by atoms with Crippen LogP contribution >= 0.6 is 11.3 Å². The SMILES string of the molecule is CCC(C)(CN)C(=O)NCC(C)(C)c1cccs1. The fourth-order valence-electron chi connectivity index (χ4n) is 1.66. The van der Waals surface area contributed by atoms with Gasteiger partial charge in [-0.15, -0.1) is 11.3 Å². The number of nitrogens with one attached hydrogen (secondary N) is 1. The summed E-state index contributed by atoms with van der Waals surface area (Å²) < 4.78 is 0. The van der Waals surface area contributed by atoms with E-state index < -0.39 is 5.41 Å². The van der Waals surface area contributed by atoms with Crippen molar-refractivity contribution in [1.82, 2.24) is 5.32 Å². The molecule has 0 aliphatic rings. The molecule has 102 valence electrons. The molecule has 0 aliphatic carbocycles. The molecule has 0 spiro atoms. The van der Waals surface area contributed by atoms with Crippen molar-refractivity contribution in [2.45, 2.75) is 39.5 Å². The Labute approximate surface area is 114 Å². The van der Waals surface area contributed by atoms with Crippen molar-refractivity contribution < 1.29 is 4.79 Å². The molecule has 0 saturated heterocycles. The number of amides is 1. The minimum atomic E-state index is -0.453. The highest BCUT2D eigenvalue weighted by Crippen LogP contribution is 2.27. The molecule has 1 unspecified atom stereocenters. The molecule has 1 atom stereocenters. The summed E-state index contributed by atoms with van der Waals surface area (Å²) in [6.45, 7) is 9.23. The first-order valence-electron chi connectivity index (χ1n) is 6.38. The van der Waals surface area contributed by atoms with Gasteiger partial charge in [0.25, 0.3) is 0 Å². The van der Waals surface area contributed by atoms with Crippen molar-refractivity contribution >= 4 is 17.2 Å². The molecular formula is C14H24N2OS. The summed E-state index contributed by atoms with van der Waals surface area (Å²) in [5.41, 5.74) is 5.21. The zero-order chi connectivity index (χ0) is 13.8. The van der Waals surface area contributed by atoms with Crippen LogP contribution in [0.5, 0.6) is 0 Å². The lowest BCUT2D eigenvalue weighted by atomic mass is 9.85. The van der Waals surface area contributed by atoms with Gasteiger partial charge in [-0.3, -0.25) is 4.79 Å². The second kappa shape index (κ2) is 5.85. The lowest BCUT2D eigenvalue weighted by molar-refractivity contribution is -0.130. The Balaban J connectivity index is 2.63. The van der Waals surface area contributed by atoms with Crippen molar-refractivity contribution in [2.24, 2.45) is 11.1 Å². The van der Waals surface area contributed by atoms with Crippen LogP contribution in [0.4, 0.5) is 0 Å². The zero-order valence-corrected chi connectivity index (χ0v) is 12.6. The van der Waals surface area contributed by atoms with Crippen molar-refractivity contribution in [3.8, 4) is 0 Å². The van der Waals surface area contributed by atoms with Gasteiger partial charge in [-0.25, -0.2) is 0 Å². The first kappa shape index (κ1) is 15.2. The molecule has 18 heavy (non-hydrogen) atoms. The Morgan fingerprint density at radius 3 is 2.56 bits per heavy atom. The molecule has 1 heterocycles. The summed E-state index contributed by atoms with van der Waals surface area (Å²) in [5.74, 6) is 0.0529. The number of nitrogens with two attached hydrogens (primary N) is 1. The van der Waals surface area contributed by atoms with Crippen LogP contribution in [0, 0.1) is 5.41 Å². The highest BCUT2D eigenvalue weighted by Gasteiger charge is 2.31. The third-order valence-corrected chi connectivity index (χ3v) is 4.89. The van der Waals surface area contributed by atoms with Crippen molar-refractivity contribution in [3.05, 3.63) is 22.4 Å². The smallest absolute Gasteiger partial charge is 0.227 e. The maximum Gasteiger partial charge on any atom is 0.227 e. The second-order valence-corrected chi connectivity index (χ2v) is 6.61. The Kier molecular flexibility index (Phi) is 4.93. The maximum atomic E-state index is 12.2. The Hall–Kier alpha value is -0.870. The van der Waals surface area contributed by atoms with Gasteiger partial charge in [0.05, 0.1) is 5.41 Å². The molecule has 0 saturated carbocycles. The Morgan fingerprint density at radius 1 is 1.44 bits per heavy atom. The molecule has 1 aromatic rings. The Morgan fingerprint density at radius 2 is 2.11 bits per heavy atom. The number of carbonyl (C=O) groups excluding carboxylic acids is 1. The van der Waals surface area contributed by atoms with Gasteiger partial charge in [-0.1, -0.05) is 26.8 Å². The monoisotopic (exact) mass is 268 g/mol. The van der Waals surface area contributed by atoms with Crippen molar-refractivity contribution in [2.75, 3.05) is 13.1 Å². The van der Waals surface area contributed by atoms with Crippen molar-refractivity contribution in [1.29, 1.82) is 0 Å². The number of rotatable bonds is 6. The van der Waals surface area contributed by atoms with Crippen LogP contribution in [-0.2, 0) is 10.2 Å². The van der Waals surface area contributed by atoms with E-state index in [-0.39, 0.29) is 11.3 Å². The zero-order valence-electron chi connectivity index (χ0n) is 11.7. The van der Waals surface area contributed by atoms with E-state index in [2.05, 4.69) is 30.6 Å². The van der Waals surface area contributed by atoms with E-state index in [0.29, 0.717) is 13.1 Å². The van der Waals surface area contributed by atoms with Gasteiger partial charge in [0, 0.05) is 23.4 Å². The van der Waals surface area contributed by atoms with Crippen LogP contribution in [0.15, 0.2) is 17.5 Å². The van der Waals surface area contributed by atoms with E-state index in [4.69, 9.17) is 5.73 Å². The molecule has 0 aromatic carbocycles. The van der Waals surface area contributed by atoms with Gasteiger partial charge in [0.15, 0.2) is 0 Å². The fraction of sp³-hybridized carbons (Fsp3) is 0.643. The van der Waals surface area contributed by atoms with Crippen LogP contribution in [0.25, 0.3) is 0 Å². The van der Waals surface area contributed by atoms with E-state index in [9.17, 15) is 4.79 Å². The predicted molar refractivity (Wildman–Crippen MR) is 77.8 cm³/mol. The minimum absolute atomic E-state index is 0.0346. The van der Waals surface area contributed by atoms with Gasteiger partial charge < -0.3 is 11.1 Å². The number of hydrogen-bond donors (Lipinski definition) is 2. The van der Waals surface area contributed by atoms with Gasteiger partial charge in [0.1, 0.15) is 0 Å². The second-order valence-electron chi connectivity index (χ2n) is 5.66. The lowest BCUT2D eigenvalue weighted by Gasteiger charge is -2.29. The van der Waals surface area contributed by atoms with E-state index in [1.54, 1.807) is 11.3 Å². The third-order valence-electron chi connectivity index (χ3n) is 3.66. The normalized spacial score (nSPS) is 15.2. The predicted octanol–water partition coefficient (Wildman–Crippen LogP) is 2.52. The molecule has 1 aromatic heterocycles. The number of thiophene rings is 1. The summed E-state index contributed by atoms with van der Waals surface area (Å²) in [6.07, 6.45) is 0.759. The fourth-order valence-corrected chi connectivity index (χ4v) is 2.52.